The zero-order valence-electron chi connectivity index (χ0n) is 64.1. The van der Waals surface area contributed by atoms with E-state index in [1.165, 1.54) is 225 Å². The molecule has 0 aromatic heterocycles. The van der Waals surface area contributed by atoms with Gasteiger partial charge in [0.1, 0.15) is 19.3 Å². The molecule has 17 nitrogen and oxygen atoms in total. The first kappa shape index (κ1) is 96.1. The van der Waals surface area contributed by atoms with E-state index in [1.807, 2.05) is 0 Å². The average molecular weight is 1440 g/mol. The van der Waals surface area contributed by atoms with Gasteiger partial charge in [-0.25, -0.2) is 9.13 Å². The number of hydrogen-bond donors (Lipinski definition) is 3. The van der Waals surface area contributed by atoms with Crippen molar-refractivity contribution in [2.75, 3.05) is 39.6 Å². The molecule has 0 aliphatic carbocycles. The van der Waals surface area contributed by atoms with Crippen LogP contribution < -0.4 is 0 Å². The number of hydrogen-bond acceptors (Lipinski definition) is 15. The second-order valence-electron chi connectivity index (χ2n) is 29.2. The Balaban J connectivity index is 5.22. The number of carbonyl (C=O) groups excluding carboxylic acids is 4. The van der Waals surface area contributed by atoms with Crippen LogP contribution in [0, 0.1) is 11.8 Å². The van der Waals surface area contributed by atoms with E-state index < -0.39 is 97.5 Å². The number of carbonyl (C=O) groups is 4. The van der Waals surface area contributed by atoms with Crippen LogP contribution in [0.1, 0.15) is 414 Å². The number of phosphoric ester groups is 2. The minimum absolute atomic E-state index is 0.106. The molecule has 0 saturated heterocycles. The molecule has 3 unspecified atom stereocenters. The molecular weight excluding hydrogens is 1280 g/mol. The topological polar surface area (TPSA) is 237 Å². The number of aliphatic hydroxyl groups is 1. The lowest BCUT2D eigenvalue weighted by atomic mass is 10.00. The van der Waals surface area contributed by atoms with Crippen molar-refractivity contribution in [3.8, 4) is 0 Å². The van der Waals surface area contributed by atoms with Crippen molar-refractivity contribution in [3.63, 3.8) is 0 Å². The molecule has 0 fully saturated rings. The Morgan fingerprint density at radius 3 is 0.776 bits per heavy atom. The fraction of sp³-hybridized carbons (Fsp3) is 0.949. The molecule has 0 heterocycles. The first-order chi connectivity index (χ1) is 47.4. The zero-order valence-corrected chi connectivity index (χ0v) is 65.9. The molecule has 0 rings (SSSR count). The number of aliphatic hydroxyl groups excluding tert-OH is 1. The number of esters is 4. The number of ether oxygens (including phenoxy) is 4. The monoisotopic (exact) mass is 1440 g/mol. The largest absolute Gasteiger partial charge is 0.472 e. The SMILES string of the molecule is CCCCCCCCCCCCCCCCCCCCCCC(=O)O[C@H](COC(=O)CCCCCCCCCCCCCCCCC(C)C)COP(=O)(O)OC[C@@H](O)COP(=O)(O)OC[C@@H](COC(=O)CCCCCCCCC(C)CC)OC(=O)CCCCCCCCCCCCC. The van der Waals surface area contributed by atoms with E-state index in [2.05, 4.69) is 41.5 Å². The van der Waals surface area contributed by atoms with Crippen molar-refractivity contribution < 1.29 is 80.2 Å². The Bertz CT molecular complexity index is 1890. The molecule has 3 N–H and O–H groups in total. The van der Waals surface area contributed by atoms with Crippen molar-refractivity contribution in [2.24, 2.45) is 11.8 Å². The van der Waals surface area contributed by atoms with E-state index in [0.29, 0.717) is 25.7 Å². The predicted molar refractivity (Wildman–Crippen MR) is 400 cm³/mol. The van der Waals surface area contributed by atoms with Crippen LogP contribution in [0.15, 0.2) is 0 Å². The van der Waals surface area contributed by atoms with Crippen LogP contribution in [0.3, 0.4) is 0 Å². The lowest BCUT2D eigenvalue weighted by Crippen LogP contribution is -2.30. The highest BCUT2D eigenvalue weighted by atomic mass is 31.2. The van der Waals surface area contributed by atoms with Gasteiger partial charge in [-0.2, -0.15) is 0 Å². The molecule has 0 spiro atoms. The second kappa shape index (κ2) is 70.7. The third-order valence-corrected chi connectivity index (χ3v) is 20.7. The summed E-state index contributed by atoms with van der Waals surface area (Å²) in [7, 11) is -9.91. The summed E-state index contributed by atoms with van der Waals surface area (Å²) in [5.41, 5.74) is 0. The number of rotatable bonds is 78. The quantitative estimate of drug-likeness (QED) is 0.0222. The van der Waals surface area contributed by atoms with Gasteiger partial charge in [-0.3, -0.25) is 37.3 Å². The van der Waals surface area contributed by atoms with Gasteiger partial charge in [0.05, 0.1) is 26.4 Å². The standard InChI is InChI=1S/C79H154O17P2/c1-7-10-12-14-16-18-20-21-22-23-24-25-26-27-32-36-40-44-52-58-64-79(84)95-74(67-89-76(81)61-55-49-42-38-35-31-29-28-30-34-37-41-47-53-59-71(4)5)69-93-97(85,86)91-65-73(80)66-92-98(87,88)94-70-75(68-90-77(82)62-56-50-46-45-48-54-60-72(6)9-3)96-78(83)63-57-51-43-39-33-19-17-15-13-11-8-2/h71-75,80H,7-70H2,1-6H3,(H,85,86)(H,87,88)/t72?,73-,74-,75-/m1/s1. The summed E-state index contributed by atoms with van der Waals surface area (Å²) >= 11 is 0. The van der Waals surface area contributed by atoms with Crippen molar-refractivity contribution in [3.05, 3.63) is 0 Å². The van der Waals surface area contributed by atoms with Crippen LogP contribution in [-0.4, -0.2) is 96.7 Å². The van der Waals surface area contributed by atoms with Gasteiger partial charge in [-0.05, 0) is 37.5 Å². The fourth-order valence-corrected chi connectivity index (χ4v) is 13.7. The van der Waals surface area contributed by atoms with Crippen LogP contribution in [0.5, 0.6) is 0 Å². The number of phosphoric acid groups is 2. The Morgan fingerprint density at radius 2 is 0.520 bits per heavy atom. The molecule has 0 saturated carbocycles. The van der Waals surface area contributed by atoms with Crippen molar-refractivity contribution in [2.45, 2.75) is 432 Å². The molecule has 0 bridgehead atoms. The van der Waals surface area contributed by atoms with E-state index in [-0.39, 0.29) is 25.7 Å². The molecule has 19 heteroatoms. The molecular formula is C79H154O17P2. The summed E-state index contributed by atoms with van der Waals surface area (Å²) in [6.07, 6.45) is 59.7. The van der Waals surface area contributed by atoms with Crippen molar-refractivity contribution in [1.82, 2.24) is 0 Å². The molecule has 582 valence electrons. The first-order valence-corrected chi connectivity index (χ1v) is 44.0. The van der Waals surface area contributed by atoms with Gasteiger partial charge in [0.2, 0.25) is 0 Å². The average Bonchev–Trinajstić information content (AvgIpc) is 1.13. The summed E-state index contributed by atoms with van der Waals surface area (Å²) in [5.74, 6) is -0.582. The van der Waals surface area contributed by atoms with Gasteiger partial charge in [0.15, 0.2) is 12.2 Å². The van der Waals surface area contributed by atoms with Crippen LogP contribution >= 0.6 is 15.6 Å². The maximum Gasteiger partial charge on any atom is 0.472 e. The molecule has 0 radical (unpaired) electrons. The lowest BCUT2D eigenvalue weighted by Gasteiger charge is -2.21. The summed E-state index contributed by atoms with van der Waals surface area (Å²) in [5, 5.41) is 10.6. The smallest absolute Gasteiger partial charge is 0.462 e. The van der Waals surface area contributed by atoms with Crippen LogP contribution in [0.25, 0.3) is 0 Å². The number of unbranched alkanes of at least 4 members (excludes halogenated alkanes) is 47. The minimum atomic E-state index is -4.96. The van der Waals surface area contributed by atoms with Crippen LogP contribution in [-0.2, 0) is 65.4 Å². The highest BCUT2D eigenvalue weighted by molar-refractivity contribution is 7.47. The van der Waals surface area contributed by atoms with Gasteiger partial charge in [-0.15, -0.1) is 0 Å². The molecule has 0 amide bonds. The molecule has 0 aliphatic heterocycles. The first-order valence-electron chi connectivity index (χ1n) is 41.0. The Kier molecular flexibility index (Phi) is 69.3. The van der Waals surface area contributed by atoms with E-state index in [0.717, 1.165) is 108 Å². The van der Waals surface area contributed by atoms with Gasteiger partial charge in [0, 0.05) is 25.7 Å². The third-order valence-electron chi connectivity index (χ3n) is 18.8. The Morgan fingerprint density at radius 1 is 0.296 bits per heavy atom. The van der Waals surface area contributed by atoms with Gasteiger partial charge >= 0.3 is 39.5 Å². The second-order valence-corrected chi connectivity index (χ2v) is 32.1. The van der Waals surface area contributed by atoms with Crippen molar-refractivity contribution >= 4 is 39.5 Å². The maximum absolute atomic E-state index is 13.1. The summed E-state index contributed by atoms with van der Waals surface area (Å²) in [6, 6.07) is 0. The highest BCUT2D eigenvalue weighted by Gasteiger charge is 2.30. The van der Waals surface area contributed by atoms with Crippen molar-refractivity contribution in [1.29, 1.82) is 0 Å². The highest BCUT2D eigenvalue weighted by Crippen LogP contribution is 2.45. The molecule has 0 aromatic carbocycles. The predicted octanol–water partition coefficient (Wildman–Crippen LogP) is 23.5. The molecule has 6 atom stereocenters. The Labute approximate surface area is 600 Å². The van der Waals surface area contributed by atoms with E-state index >= 15 is 0 Å². The fourth-order valence-electron chi connectivity index (χ4n) is 12.2. The third kappa shape index (κ3) is 71.1. The van der Waals surface area contributed by atoms with E-state index in [9.17, 15) is 43.2 Å². The summed E-state index contributed by atoms with van der Waals surface area (Å²) in [4.78, 5) is 72.9. The minimum Gasteiger partial charge on any atom is -0.462 e. The van der Waals surface area contributed by atoms with Gasteiger partial charge < -0.3 is 33.8 Å². The summed E-state index contributed by atoms with van der Waals surface area (Å²) in [6.45, 7) is 9.60. The molecule has 0 aromatic rings. The van der Waals surface area contributed by atoms with Gasteiger partial charge in [-0.1, -0.05) is 363 Å². The lowest BCUT2D eigenvalue weighted by molar-refractivity contribution is -0.161. The van der Waals surface area contributed by atoms with Crippen LogP contribution in [0.2, 0.25) is 0 Å². The van der Waals surface area contributed by atoms with Gasteiger partial charge in [0.25, 0.3) is 0 Å². The van der Waals surface area contributed by atoms with E-state index in [4.69, 9.17) is 37.0 Å². The maximum atomic E-state index is 13.1. The molecule has 0 aliphatic rings. The Hall–Kier alpha value is -1.94. The summed E-state index contributed by atoms with van der Waals surface area (Å²) < 4.78 is 68.6. The normalized spacial score (nSPS) is 14.2. The van der Waals surface area contributed by atoms with E-state index in [1.54, 1.807) is 0 Å². The van der Waals surface area contributed by atoms with Crippen LogP contribution in [0.4, 0.5) is 0 Å². The molecule has 98 heavy (non-hydrogen) atoms. The zero-order chi connectivity index (χ0) is 72.1.